The normalized spacial score (nSPS) is 12.0. The van der Waals surface area contributed by atoms with E-state index in [1.807, 2.05) is 0 Å². The highest BCUT2D eigenvalue weighted by molar-refractivity contribution is 6.32. The van der Waals surface area contributed by atoms with Crippen molar-refractivity contribution in [3.05, 3.63) is 53.3 Å². The SMILES string of the molecule is Nc1ccc2c(Cl)nc(-c3ccc(C(F)(F)F)cc3)n2c1. The van der Waals surface area contributed by atoms with Crippen molar-refractivity contribution in [1.29, 1.82) is 0 Å². The van der Waals surface area contributed by atoms with Gasteiger partial charge in [0.05, 0.1) is 11.1 Å². The number of nitrogens with two attached hydrogens (primary N) is 1. The first-order chi connectivity index (χ1) is 9.86. The van der Waals surface area contributed by atoms with Gasteiger partial charge in [-0.1, -0.05) is 23.7 Å². The molecule has 0 unspecified atom stereocenters. The highest BCUT2D eigenvalue weighted by Crippen LogP contribution is 2.32. The zero-order chi connectivity index (χ0) is 15.2. The van der Waals surface area contributed by atoms with Crippen LogP contribution in [-0.4, -0.2) is 9.38 Å². The van der Waals surface area contributed by atoms with Gasteiger partial charge in [-0.15, -0.1) is 0 Å². The van der Waals surface area contributed by atoms with E-state index in [1.165, 1.54) is 12.1 Å². The zero-order valence-corrected chi connectivity index (χ0v) is 11.3. The number of anilines is 1. The average Bonchev–Trinajstić information content (AvgIpc) is 2.75. The Morgan fingerprint density at radius 2 is 1.71 bits per heavy atom. The molecule has 0 bridgehead atoms. The molecular weight excluding hydrogens is 303 g/mol. The molecule has 1 aromatic carbocycles. The number of fused-ring (bicyclic) bond motifs is 1. The van der Waals surface area contributed by atoms with Gasteiger partial charge in [-0.05, 0) is 24.3 Å². The fourth-order valence-corrected chi connectivity index (χ4v) is 2.31. The number of nitrogens with zero attached hydrogens (tertiary/aromatic N) is 2. The molecule has 0 amide bonds. The molecule has 0 spiro atoms. The topological polar surface area (TPSA) is 43.3 Å². The number of rotatable bonds is 1. The number of imidazole rings is 1. The van der Waals surface area contributed by atoms with Gasteiger partial charge >= 0.3 is 6.18 Å². The molecular formula is C14H9ClF3N3. The summed E-state index contributed by atoms with van der Waals surface area (Å²) < 4.78 is 39.4. The second kappa shape index (κ2) is 4.66. The van der Waals surface area contributed by atoms with E-state index in [0.717, 1.165) is 12.1 Å². The average molecular weight is 312 g/mol. The van der Waals surface area contributed by atoms with E-state index in [2.05, 4.69) is 4.98 Å². The van der Waals surface area contributed by atoms with E-state index in [4.69, 9.17) is 17.3 Å². The van der Waals surface area contributed by atoms with Crippen molar-refractivity contribution in [1.82, 2.24) is 9.38 Å². The van der Waals surface area contributed by atoms with Gasteiger partial charge in [-0.25, -0.2) is 4.98 Å². The van der Waals surface area contributed by atoms with Crippen LogP contribution in [0.4, 0.5) is 18.9 Å². The van der Waals surface area contributed by atoms with Gasteiger partial charge in [0.15, 0.2) is 5.15 Å². The Balaban J connectivity index is 2.14. The first kappa shape index (κ1) is 13.8. The standard InChI is InChI=1S/C14H9ClF3N3/c15-12-11-6-5-10(19)7-21(11)13(20-12)8-1-3-9(4-2-8)14(16,17)18/h1-7H,19H2. The predicted molar refractivity (Wildman–Crippen MR) is 75.1 cm³/mol. The Morgan fingerprint density at radius 1 is 1.05 bits per heavy atom. The van der Waals surface area contributed by atoms with Crippen molar-refractivity contribution in [2.45, 2.75) is 6.18 Å². The lowest BCUT2D eigenvalue weighted by atomic mass is 10.1. The summed E-state index contributed by atoms with van der Waals surface area (Å²) in [4.78, 5) is 4.18. The molecule has 0 saturated carbocycles. The molecule has 3 aromatic rings. The van der Waals surface area contributed by atoms with Crippen molar-refractivity contribution in [2.24, 2.45) is 0 Å². The number of hydrogen-bond acceptors (Lipinski definition) is 2. The van der Waals surface area contributed by atoms with Crippen molar-refractivity contribution in [3.8, 4) is 11.4 Å². The maximum Gasteiger partial charge on any atom is 0.416 e. The van der Waals surface area contributed by atoms with E-state index < -0.39 is 11.7 Å². The predicted octanol–water partition coefficient (Wildman–Crippen LogP) is 4.26. The van der Waals surface area contributed by atoms with Crippen LogP contribution in [0.2, 0.25) is 5.15 Å². The Labute approximate surface area is 122 Å². The molecule has 21 heavy (non-hydrogen) atoms. The third kappa shape index (κ3) is 2.42. The summed E-state index contributed by atoms with van der Waals surface area (Å²) in [6, 6.07) is 8.12. The second-order valence-electron chi connectivity index (χ2n) is 4.52. The molecule has 3 rings (SSSR count). The molecule has 2 aromatic heterocycles. The summed E-state index contributed by atoms with van der Waals surface area (Å²) >= 11 is 6.03. The highest BCUT2D eigenvalue weighted by Gasteiger charge is 2.30. The van der Waals surface area contributed by atoms with Crippen LogP contribution in [0.5, 0.6) is 0 Å². The van der Waals surface area contributed by atoms with E-state index in [1.54, 1.807) is 22.7 Å². The summed E-state index contributed by atoms with van der Waals surface area (Å²) in [5.41, 5.74) is 6.68. The largest absolute Gasteiger partial charge is 0.416 e. The molecule has 0 aliphatic carbocycles. The van der Waals surface area contributed by atoms with Gasteiger partial charge in [-0.3, -0.25) is 4.40 Å². The van der Waals surface area contributed by atoms with E-state index in [0.29, 0.717) is 22.6 Å². The van der Waals surface area contributed by atoms with Gasteiger partial charge in [0.2, 0.25) is 0 Å². The lowest BCUT2D eigenvalue weighted by molar-refractivity contribution is -0.137. The van der Waals surface area contributed by atoms with Gasteiger partial charge in [0.25, 0.3) is 0 Å². The minimum Gasteiger partial charge on any atom is -0.398 e. The summed E-state index contributed by atoms with van der Waals surface area (Å²) in [6.45, 7) is 0. The molecule has 0 aliphatic rings. The van der Waals surface area contributed by atoms with Crippen LogP contribution in [0.15, 0.2) is 42.6 Å². The number of nitrogen functional groups attached to an aromatic ring is 1. The van der Waals surface area contributed by atoms with Crippen molar-refractivity contribution < 1.29 is 13.2 Å². The quantitative estimate of drug-likeness (QED) is 0.730. The van der Waals surface area contributed by atoms with Crippen molar-refractivity contribution in [2.75, 3.05) is 5.73 Å². The van der Waals surface area contributed by atoms with Gasteiger partial charge in [-0.2, -0.15) is 13.2 Å². The summed E-state index contributed by atoms with van der Waals surface area (Å²) in [7, 11) is 0. The van der Waals surface area contributed by atoms with Crippen LogP contribution >= 0.6 is 11.6 Å². The van der Waals surface area contributed by atoms with Gasteiger partial charge < -0.3 is 5.73 Å². The van der Waals surface area contributed by atoms with Crippen LogP contribution in [-0.2, 0) is 6.18 Å². The Kier molecular flexibility index (Phi) is 3.06. The summed E-state index contributed by atoms with van der Waals surface area (Å²) in [5, 5.41) is 0.268. The molecule has 0 saturated heterocycles. The number of pyridine rings is 1. The van der Waals surface area contributed by atoms with Crippen molar-refractivity contribution >= 4 is 22.8 Å². The molecule has 7 heteroatoms. The summed E-state index contributed by atoms with van der Waals surface area (Å²) in [6.07, 6.45) is -2.74. The first-order valence-corrected chi connectivity index (χ1v) is 6.35. The lowest BCUT2D eigenvalue weighted by Gasteiger charge is -2.07. The molecule has 0 atom stereocenters. The van der Waals surface area contributed by atoms with Crippen molar-refractivity contribution in [3.63, 3.8) is 0 Å². The monoisotopic (exact) mass is 311 g/mol. The molecule has 2 N–H and O–H groups in total. The molecule has 0 radical (unpaired) electrons. The van der Waals surface area contributed by atoms with E-state index in [9.17, 15) is 13.2 Å². The highest BCUT2D eigenvalue weighted by atomic mass is 35.5. The Morgan fingerprint density at radius 3 is 2.33 bits per heavy atom. The molecule has 3 nitrogen and oxygen atoms in total. The Hall–Kier alpha value is -2.21. The lowest BCUT2D eigenvalue weighted by Crippen LogP contribution is -2.04. The minimum atomic E-state index is -4.37. The van der Waals surface area contributed by atoms with Crippen LogP contribution < -0.4 is 5.73 Å². The van der Waals surface area contributed by atoms with Crippen LogP contribution in [0.3, 0.4) is 0 Å². The molecule has 0 aliphatic heterocycles. The second-order valence-corrected chi connectivity index (χ2v) is 4.88. The maximum atomic E-state index is 12.6. The summed E-state index contributed by atoms with van der Waals surface area (Å²) in [5.74, 6) is 0.441. The minimum absolute atomic E-state index is 0.268. The molecule has 108 valence electrons. The number of halogens is 4. The maximum absolute atomic E-state index is 12.6. The van der Waals surface area contributed by atoms with E-state index in [-0.39, 0.29) is 5.15 Å². The Bertz CT molecular complexity index is 807. The smallest absolute Gasteiger partial charge is 0.398 e. The van der Waals surface area contributed by atoms with Gasteiger partial charge in [0.1, 0.15) is 5.82 Å². The number of hydrogen-bond donors (Lipinski definition) is 1. The number of benzene rings is 1. The number of aromatic nitrogens is 2. The van der Waals surface area contributed by atoms with E-state index >= 15 is 0 Å². The third-order valence-electron chi connectivity index (χ3n) is 3.09. The van der Waals surface area contributed by atoms with Gasteiger partial charge in [0, 0.05) is 17.4 Å². The zero-order valence-electron chi connectivity index (χ0n) is 10.5. The molecule has 2 heterocycles. The molecule has 0 fully saturated rings. The van der Waals surface area contributed by atoms with Crippen LogP contribution in [0, 0.1) is 0 Å². The van der Waals surface area contributed by atoms with Crippen LogP contribution in [0.25, 0.3) is 16.9 Å². The first-order valence-electron chi connectivity index (χ1n) is 5.97. The number of alkyl halides is 3. The fourth-order valence-electron chi connectivity index (χ4n) is 2.08. The van der Waals surface area contributed by atoms with Crippen LogP contribution in [0.1, 0.15) is 5.56 Å². The fraction of sp³-hybridized carbons (Fsp3) is 0.0714. The third-order valence-corrected chi connectivity index (χ3v) is 3.36.